The third kappa shape index (κ3) is 5.07. The Morgan fingerprint density at radius 1 is 1.04 bits per heavy atom. The number of rotatable bonds is 7. The summed E-state index contributed by atoms with van der Waals surface area (Å²) in [5.41, 5.74) is 4.36. The molecule has 1 heterocycles. The van der Waals surface area contributed by atoms with Crippen molar-refractivity contribution >= 4 is 17.3 Å². The summed E-state index contributed by atoms with van der Waals surface area (Å²) in [6.07, 6.45) is 4.09. The normalized spacial score (nSPS) is 10.3. The highest BCUT2D eigenvalue weighted by Crippen LogP contribution is 2.18. The summed E-state index contributed by atoms with van der Waals surface area (Å²) in [6.45, 7) is 2.72. The molecular formula is C22H23N3O2. The second-order valence-electron chi connectivity index (χ2n) is 6.27. The van der Waals surface area contributed by atoms with Gasteiger partial charge in [0.1, 0.15) is 5.75 Å². The van der Waals surface area contributed by atoms with E-state index >= 15 is 0 Å². The molecule has 0 atom stereocenters. The monoisotopic (exact) mass is 361 g/mol. The minimum absolute atomic E-state index is 0.181. The minimum atomic E-state index is -0.181. The number of anilines is 2. The number of para-hydroxylation sites is 1. The predicted molar refractivity (Wildman–Crippen MR) is 109 cm³/mol. The molecule has 1 aromatic heterocycles. The topological polar surface area (TPSA) is 63.2 Å². The molecule has 0 aliphatic heterocycles. The van der Waals surface area contributed by atoms with Crippen LogP contribution in [0.15, 0.2) is 67.0 Å². The largest absolute Gasteiger partial charge is 0.496 e. The molecule has 0 saturated carbocycles. The summed E-state index contributed by atoms with van der Waals surface area (Å²) in [5.74, 6) is 0.698. The summed E-state index contributed by atoms with van der Waals surface area (Å²) in [5, 5.41) is 6.20. The van der Waals surface area contributed by atoms with Gasteiger partial charge in [-0.1, -0.05) is 35.9 Å². The van der Waals surface area contributed by atoms with E-state index in [1.54, 1.807) is 25.6 Å². The molecule has 1 amide bonds. The third-order valence-corrected chi connectivity index (χ3v) is 4.23. The number of amides is 1. The lowest BCUT2D eigenvalue weighted by atomic mass is 10.1. The molecule has 0 aliphatic carbocycles. The first-order valence-electron chi connectivity index (χ1n) is 8.84. The van der Waals surface area contributed by atoms with Gasteiger partial charge in [-0.3, -0.25) is 9.78 Å². The first kappa shape index (κ1) is 18.5. The number of carbonyl (C=O) groups is 1. The lowest BCUT2D eigenvalue weighted by molar-refractivity contribution is 0.102. The molecule has 138 valence electrons. The molecule has 2 aromatic carbocycles. The fraction of sp³-hybridized carbons (Fsp3) is 0.182. The van der Waals surface area contributed by atoms with Gasteiger partial charge in [0.25, 0.3) is 5.91 Å². The number of carbonyl (C=O) groups excluding carboxylic acids is 1. The summed E-state index contributed by atoms with van der Waals surface area (Å²) >= 11 is 0. The summed E-state index contributed by atoms with van der Waals surface area (Å²) in [6, 6.07) is 17.4. The van der Waals surface area contributed by atoms with Crippen molar-refractivity contribution < 1.29 is 9.53 Å². The summed E-state index contributed by atoms with van der Waals surface area (Å²) in [4.78, 5) is 16.6. The quantitative estimate of drug-likeness (QED) is 0.658. The van der Waals surface area contributed by atoms with Crippen molar-refractivity contribution in [1.82, 2.24) is 4.98 Å². The first-order valence-corrected chi connectivity index (χ1v) is 8.84. The Bertz CT molecular complexity index is 907. The Morgan fingerprint density at radius 3 is 2.59 bits per heavy atom. The van der Waals surface area contributed by atoms with E-state index in [0.29, 0.717) is 12.1 Å². The number of aryl methyl sites for hydroxylation is 1. The second kappa shape index (κ2) is 8.85. The van der Waals surface area contributed by atoms with Gasteiger partial charge >= 0.3 is 0 Å². The molecule has 0 saturated heterocycles. The van der Waals surface area contributed by atoms with E-state index in [1.807, 2.05) is 55.5 Å². The number of pyridine rings is 1. The standard InChI is InChI=1S/C22H23N3O2/c1-16-7-9-19(10-8-16)25-22(26)18-13-20(15-23-14-18)24-12-11-17-5-3-4-6-21(17)27-2/h3-10,13-15,24H,11-12H2,1-2H3,(H,25,26). The van der Waals surface area contributed by atoms with Gasteiger partial charge in [-0.05, 0) is 43.2 Å². The van der Waals surface area contributed by atoms with Crippen LogP contribution in [0.25, 0.3) is 0 Å². The van der Waals surface area contributed by atoms with Crippen LogP contribution in [0.3, 0.4) is 0 Å². The molecule has 2 N–H and O–H groups in total. The van der Waals surface area contributed by atoms with Crippen LogP contribution in [0.4, 0.5) is 11.4 Å². The molecule has 0 aliphatic rings. The number of nitrogens with one attached hydrogen (secondary N) is 2. The molecule has 3 rings (SSSR count). The summed E-state index contributed by atoms with van der Waals surface area (Å²) in [7, 11) is 1.67. The van der Waals surface area contributed by atoms with Crippen LogP contribution in [0.1, 0.15) is 21.5 Å². The highest BCUT2D eigenvalue weighted by atomic mass is 16.5. The molecule has 27 heavy (non-hydrogen) atoms. The van der Waals surface area contributed by atoms with Gasteiger partial charge in [0.15, 0.2) is 0 Å². The molecule has 5 heteroatoms. The number of ether oxygens (including phenoxy) is 1. The van der Waals surface area contributed by atoms with Crippen molar-refractivity contribution in [3.8, 4) is 5.75 Å². The maximum atomic E-state index is 12.4. The summed E-state index contributed by atoms with van der Waals surface area (Å²) < 4.78 is 5.37. The van der Waals surface area contributed by atoms with Crippen LogP contribution >= 0.6 is 0 Å². The van der Waals surface area contributed by atoms with Gasteiger partial charge in [-0.15, -0.1) is 0 Å². The van der Waals surface area contributed by atoms with Gasteiger partial charge < -0.3 is 15.4 Å². The van der Waals surface area contributed by atoms with E-state index in [1.165, 1.54) is 0 Å². The van der Waals surface area contributed by atoms with Gasteiger partial charge in [0.05, 0.1) is 18.4 Å². The third-order valence-electron chi connectivity index (χ3n) is 4.23. The Morgan fingerprint density at radius 2 is 1.81 bits per heavy atom. The van der Waals surface area contributed by atoms with E-state index in [0.717, 1.165) is 34.7 Å². The van der Waals surface area contributed by atoms with Crippen molar-refractivity contribution in [2.45, 2.75) is 13.3 Å². The second-order valence-corrected chi connectivity index (χ2v) is 6.27. The number of nitrogens with zero attached hydrogens (tertiary/aromatic N) is 1. The molecule has 0 bridgehead atoms. The van der Waals surface area contributed by atoms with E-state index in [9.17, 15) is 4.79 Å². The van der Waals surface area contributed by atoms with Gasteiger partial charge in [0, 0.05) is 24.6 Å². The van der Waals surface area contributed by atoms with E-state index < -0.39 is 0 Å². The Kier molecular flexibility index (Phi) is 6.05. The van der Waals surface area contributed by atoms with Crippen LogP contribution in [0.5, 0.6) is 5.75 Å². The van der Waals surface area contributed by atoms with Crippen LogP contribution in [-0.4, -0.2) is 24.5 Å². The van der Waals surface area contributed by atoms with Crippen molar-refractivity contribution in [2.24, 2.45) is 0 Å². The van der Waals surface area contributed by atoms with Gasteiger partial charge in [-0.25, -0.2) is 0 Å². The predicted octanol–water partition coefficient (Wildman–Crippen LogP) is 4.31. The van der Waals surface area contributed by atoms with Crippen molar-refractivity contribution in [3.63, 3.8) is 0 Å². The van der Waals surface area contributed by atoms with E-state index in [4.69, 9.17) is 4.74 Å². The SMILES string of the molecule is COc1ccccc1CCNc1cncc(C(=O)Nc2ccc(C)cc2)c1. The van der Waals surface area contributed by atoms with Crippen LogP contribution in [0.2, 0.25) is 0 Å². The molecule has 3 aromatic rings. The van der Waals surface area contributed by atoms with Crippen molar-refractivity contribution in [1.29, 1.82) is 0 Å². The maximum absolute atomic E-state index is 12.4. The maximum Gasteiger partial charge on any atom is 0.257 e. The van der Waals surface area contributed by atoms with Crippen LogP contribution in [0, 0.1) is 6.92 Å². The van der Waals surface area contributed by atoms with Gasteiger partial charge in [0.2, 0.25) is 0 Å². The lowest BCUT2D eigenvalue weighted by Crippen LogP contribution is -2.13. The Labute approximate surface area is 159 Å². The average Bonchev–Trinajstić information content (AvgIpc) is 2.70. The number of hydrogen-bond acceptors (Lipinski definition) is 4. The molecule has 0 spiro atoms. The fourth-order valence-electron chi connectivity index (χ4n) is 2.75. The highest BCUT2D eigenvalue weighted by Gasteiger charge is 2.08. The van der Waals surface area contributed by atoms with Crippen LogP contribution in [-0.2, 0) is 6.42 Å². The van der Waals surface area contributed by atoms with Crippen molar-refractivity contribution in [2.75, 3.05) is 24.3 Å². The van der Waals surface area contributed by atoms with E-state index in [-0.39, 0.29) is 5.91 Å². The molecule has 0 unspecified atom stereocenters. The number of benzene rings is 2. The number of aromatic nitrogens is 1. The van der Waals surface area contributed by atoms with Gasteiger partial charge in [-0.2, -0.15) is 0 Å². The Hall–Kier alpha value is -3.34. The fourth-order valence-corrected chi connectivity index (χ4v) is 2.75. The number of hydrogen-bond donors (Lipinski definition) is 2. The lowest BCUT2D eigenvalue weighted by Gasteiger charge is -2.11. The molecule has 5 nitrogen and oxygen atoms in total. The molecular weight excluding hydrogens is 338 g/mol. The van der Waals surface area contributed by atoms with E-state index in [2.05, 4.69) is 15.6 Å². The molecule has 0 fully saturated rings. The zero-order valence-electron chi connectivity index (χ0n) is 15.5. The smallest absolute Gasteiger partial charge is 0.257 e. The minimum Gasteiger partial charge on any atom is -0.496 e. The highest BCUT2D eigenvalue weighted by molar-refractivity contribution is 6.04. The number of methoxy groups -OCH3 is 1. The average molecular weight is 361 g/mol. The first-order chi connectivity index (χ1) is 13.2. The van der Waals surface area contributed by atoms with Crippen LogP contribution < -0.4 is 15.4 Å². The zero-order valence-corrected chi connectivity index (χ0v) is 15.5. The van der Waals surface area contributed by atoms with Crippen molar-refractivity contribution in [3.05, 3.63) is 83.7 Å². The molecule has 0 radical (unpaired) electrons. The zero-order chi connectivity index (χ0) is 19.1. The Balaban J connectivity index is 1.59.